The van der Waals surface area contributed by atoms with E-state index in [1.54, 1.807) is 30.3 Å². The van der Waals surface area contributed by atoms with Crippen molar-refractivity contribution in [1.29, 1.82) is 0 Å². The van der Waals surface area contributed by atoms with E-state index in [0.717, 1.165) is 18.6 Å². The molecule has 0 aliphatic carbocycles. The number of hydrogen-bond donors (Lipinski definition) is 1. The third-order valence-electron chi connectivity index (χ3n) is 4.68. The van der Waals surface area contributed by atoms with Gasteiger partial charge in [-0.2, -0.15) is 13.2 Å². The molecule has 2 aromatic carbocycles. The average Bonchev–Trinajstić information content (AvgIpc) is 2.68. The second-order valence-electron chi connectivity index (χ2n) is 6.57. The summed E-state index contributed by atoms with van der Waals surface area (Å²) in [6.07, 6.45) is -2.54. The molecule has 2 amide bonds. The zero-order valence-electron chi connectivity index (χ0n) is 14.8. The largest absolute Gasteiger partial charge is 0.416 e. The van der Waals surface area contributed by atoms with Crippen molar-refractivity contribution in [3.05, 3.63) is 64.7 Å². The van der Waals surface area contributed by atoms with Crippen molar-refractivity contribution in [1.82, 2.24) is 4.90 Å². The van der Waals surface area contributed by atoms with Crippen LogP contribution in [0.5, 0.6) is 0 Å². The standard InChI is InChI=1S/C20H18ClF3N2O2/c21-15-8-1-2-9-16(15)25-18(27)19(28)26-11-4-3-10-17(26)13-6-5-7-14(12-13)20(22,23)24/h1-2,5-9,12,17H,3-4,10-11H2,(H,25,27). The number of halogens is 4. The van der Waals surface area contributed by atoms with Gasteiger partial charge in [-0.1, -0.05) is 35.9 Å². The molecule has 2 aromatic rings. The number of rotatable bonds is 2. The van der Waals surface area contributed by atoms with Gasteiger partial charge in [0.1, 0.15) is 0 Å². The van der Waals surface area contributed by atoms with E-state index < -0.39 is 29.6 Å². The van der Waals surface area contributed by atoms with E-state index in [9.17, 15) is 22.8 Å². The van der Waals surface area contributed by atoms with Gasteiger partial charge in [0.05, 0.1) is 22.3 Å². The highest BCUT2D eigenvalue weighted by molar-refractivity contribution is 6.41. The quantitative estimate of drug-likeness (QED) is 0.704. The molecule has 0 saturated carbocycles. The third-order valence-corrected chi connectivity index (χ3v) is 5.01. The number of benzene rings is 2. The van der Waals surface area contributed by atoms with Crippen molar-refractivity contribution in [3.63, 3.8) is 0 Å². The summed E-state index contributed by atoms with van der Waals surface area (Å²) in [6.45, 7) is 0.301. The predicted octanol–water partition coefficient (Wildman–Crippen LogP) is 5.05. The molecule has 28 heavy (non-hydrogen) atoms. The molecule has 0 aromatic heterocycles. The first kappa shape index (κ1) is 20.2. The lowest BCUT2D eigenvalue weighted by atomic mass is 9.94. The molecule has 1 heterocycles. The van der Waals surface area contributed by atoms with Gasteiger partial charge in [-0.15, -0.1) is 0 Å². The molecule has 0 spiro atoms. The zero-order valence-corrected chi connectivity index (χ0v) is 15.6. The number of hydrogen-bond acceptors (Lipinski definition) is 2. The Kier molecular flexibility index (Phi) is 5.93. The first-order chi connectivity index (χ1) is 13.3. The fourth-order valence-electron chi connectivity index (χ4n) is 3.31. The molecule has 1 unspecified atom stereocenters. The Bertz CT molecular complexity index is 886. The van der Waals surface area contributed by atoms with Gasteiger partial charge in [0.15, 0.2) is 0 Å². The number of piperidine rings is 1. The van der Waals surface area contributed by atoms with Gasteiger partial charge in [0, 0.05) is 6.54 Å². The first-order valence-electron chi connectivity index (χ1n) is 8.81. The molecular weight excluding hydrogens is 393 g/mol. The van der Waals surface area contributed by atoms with Crippen molar-refractivity contribution >= 4 is 29.1 Å². The van der Waals surface area contributed by atoms with E-state index in [1.165, 1.54) is 11.0 Å². The van der Waals surface area contributed by atoms with Gasteiger partial charge in [-0.3, -0.25) is 9.59 Å². The summed E-state index contributed by atoms with van der Waals surface area (Å²) < 4.78 is 39.1. The SMILES string of the molecule is O=C(Nc1ccccc1Cl)C(=O)N1CCCCC1c1cccc(C(F)(F)F)c1. The summed E-state index contributed by atoms with van der Waals surface area (Å²) in [5.41, 5.74) is -0.105. The fourth-order valence-corrected chi connectivity index (χ4v) is 3.50. The molecule has 148 valence electrons. The van der Waals surface area contributed by atoms with Crippen LogP contribution in [0.1, 0.15) is 36.4 Å². The second-order valence-corrected chi connectivity index (χ2v) is 6.97. The summed E-state index contributed by atoms with van der Waals surface area (Å²) in [5, 5.41) is 2.76. The van der Waals surface area contributed by atoms with E-state index in [4.69, 9.17) is 11.6 Å². The molecule has 0 bridgehead atoms. The zero-order chi connectivity index (χ0) is 20.3. The van der Waals surface area contributed by atoms with Crippen LogP contribution in [0, 0.1) is 0 Å². The van der Waals surface area contributed by atoms with Crippen molar-refractivity contribution < 1.29 is 22.8 Å². The molecule has 0 radical (unpaired) electrons. The molecule has 1 saturated heterocycles. The number of amides is 2. The van der Waals surface area contributed by atoms with Gasteiger partial charge in [-0.25, -0.2) is 0 Å². The van der Waals surface area contributed by atoms with Crippen LogP contribution in [-0.2, 0) is 15.8 Å². The van der Waals surface area contributed by atoms with Crippen LogP contribution >= 0.6 is 11.6 Å². The molecular formula is C20H18ClF3N2O2. The molecule has 8 heteroatoms. The van der Waals surface area contributed by atoms with Gasteiger partial charge in [0.25, 0.3) is 0 Å². The highest BCUT2D eigenvalue weighted by Crippen LogP contribution is 2.35. The van der Waals surface area contributed by atoms with Crippen molar-refractivity contribution in [2.75, 3.05) is 11.9 Å². The van der Waals surface area contributed by atoms with E-state index in [0.29, 0.717) is 30.6 Å². The molecule has 1 aliphatic rings. The van der Waals surface area contributed by atoms with Crippen LogP contribution in [0.25, 0.3) is 0 Å². The Balaban J connectivity index is 1.82. The van der Waals surface area contributed by atoms with Crippen LogP contribution in [0.2, 0.25) is 5.02 Å². The van der Waals surface area contributed by atoms with E-state index in [-0.39, 0.29) is 5.02 Å². The highest BCUT2D eigenvalue weighted by Gasteiger charge is 2.35. The molecule has 1 aliphatic heterocycles. The maximum absolute atomic E-state index is 13.0. The molecule has 4 nitrogen and oxygen atoms in total. The normalized spacial score (nSPS) is 17.3. The van der Waals surface area contributed by atoms with Crippen molar-refractivity contribution in [2.24, 2.45) is 0 Å². The van der Waals surface area contributed by atoms with E-state index in [1.807, 2.05) is 0 Å². The number of nitrogens with zero attached hydrogens (tertiary/aromatic N) is 1. The third kappa shape index (κ3) is 4.47. The Morgan fingerprint density at radius 2 is 1.82 bits per heavy atom. The summed E-state index contributed by atoms with van der Waals surface area (Å²) in [6, 6.07) is 10.8. The Labute approximate surface area is 165 Å². The minimum Gasteiger partial charge on any atom is -0.327 e. The molecule has 1 atom stereocenters. The van der Waals surface area contributed by atoms with Gasteiger partial charge in [0.2, 0.25) is 0 Å². The number of alkyl halides is 3. The number of anilines is 1. The predicted molar refractivity (Wildman–Crippen MR) is 99.8 cm³/mol. The fraction of sp³-hybridized carbons (Fsp3) is 0.300. The lowest BCUT2D eigenvalue weighted by Crippen LogP contribution is -2.44. The number of likely N-dealkylation sites (tertiary alicyclic amines) is 1. The minimum atomic E-state index is -4.47. The minimum absolute atomic E-state index is 0.289. The average molecular weight is 411 g/mol. The highest BCUT2D eigenvalue weighted by atomic mass is 35.5. The van der Waals surface area contributed by atoms with Gasteiger partial charge < -0.3 is 10.2 Å². The number of carbonyl (C=O) groups is 2. The maximum Gasteiger partial charge on any atom is 0.416 e. The van der Waals surface area contributed by atoms with Crippen LogP contribution in [0.3, 0.4) is 0 Å². The lowest BCUT2D eigenvalue weighted by Gasteiger charge is -2.35. The van der Waals surface area contributed by atoms with E-state index >= 15 is 0 Å². The topological polar surface area (TPSA) is 49.4 Å². The second kappa shape index (κ2) is 8.22. The summed E-state index contributed by atoms with van der Waals surface area (Å²) in [4.78, 5) is 26.5. The number of carbonyl (C=O) groups excluding carboxylic acids is 2. The number of nitrogens with one attached hydrogen (secondary N) is 1. The first-order valence-corrected chi connectivity index (χ1v) is 9.19. The lowest BCUT2D eigenvalue weighted by molar-refractivity contribution is -0.145. The Hall–Kier alpha value is -2.54. The van der Waals surface area contributed by atoms with Crippen molar-refractivity contribution in [3.8, 4) is 0 Å². The summed E-state index contributed by atoms with van der Waals surface area (Å²) in [5.74, 6) is -1.66. The van der Waals surface area contributed by atoms with Gasteiger partial charge in [-0.05, 0) is 49.1 Å². The number of para-hydroxylation sites is 1. The van der Waals surface area contributed by atoms with Crippen molar-refractivity contribution in [2.45, 2.75) is 31.5 Å². The Morgan fingerprint density at radius 1 is 1.07 bits per heavy atom. The van der Waals surface area contributed by atoms with Gasteiger partial charge >= 0.3 is 18.0 Å². The molecule has 1 fully saturated rings. The monoisotopic (exact) mass is 410 g/mol. The molecule has 3 rings (SSSR count). The summed E-state index contributed by atoms with van der Waals surface area (Å²) in [7, 11) is 0. The molecule has 1 N–H and O–H groups in total. The van der Waals surface area contributed by atoms with Crippen LogP contribution < -0.4 is 5.32 Å². The Morgan fingerprint density at radius 3 is 2.54 bits per heavy atom. The van der Waals surface area contributed by atoms with Crippen LogP contribution in [0.15, 0.2) is 48.5 Å². The van der Waals surface area contributed by atoms with E-state index in [2.05, 4.69) is 5.32 Å². The smallest absolute Gasteiger partial charge is 0.327 e. The maximum atomic E-state index is 13.0. The summed E-state index contributed by atoms with van der Waals surface area (Å²) >= 11 is 6.00. The van der Waals surface area contributed by atoms with Crippen LogP contribution in [-0.4, -0.2) is 23.3 Å². The van der Waals surface area contributed by atoms with Crippen LogP contribution in [0.4, 0.5) is 18.9 Å².